The number of phenolic OH excluding ortho intramolecular Hbond substituents is 1. The number of esters is 1. The lowest BCUT2D eigenvalue weighted by Gasteiger charge is -2.51. The Balaban J connectivity index is 2.03. The van der Waals surface area contributed by atoms with Crippen LogP contribution in [0.4, 0.5) is 0 Å². The molecule has 0 bridgehead atoms. The molecule has 8 nitrogen and oxygen atoms in total. The Hall–Kier alpha value is -3.52. The predicted octanol–water partition coefficient (Wildman–Crippen LogP) is 2.30. The van der Waals surface area contributed by atoms with Gasteiger partial charge in [0.1, 0.15) is 17.6 Å². The van der Waals surface area contributed by atoms with Gasteiger partial charge in [-0.2, -0.15) is 0 Å². The Bertz CT molecular complexity index is 1200. The van der Waals surface area contributed by atoms with Crippen molar-refractivity contribution in [1.29, 1.82) is 0 Å². The summed E-state index contributed by atoms with van der Waals surface area (Å²) in [5.41, 5.74) is -2.38. The number of hydrogen-bond donors (Lipinski definition) is 3. The number of hydrogen-bond acceptors (Lipinski definition) is 8. The van der Waals surface area contributed by atoms with Crippen molar-refractivity contribution in [3.63, 3.8) is 0 Å². The molecule has 1 aromatic rings. The van der Waals surface area contributed by atoms with E-state index in [2.05, 4.69) is 6.58 Å². The summed E-state index contributed by atoms with van der Waals surface area (Å²) in [4.78, 5) is 51.5. The molecular weight excluding hydrogens is 428 g/mol. The lowest BCUT2D eigenvalue weighted by atomic mass is 9.54. The number of aromatic hydroxyl groups is 1. The first-order chi connectivity index (χ1) is 15.5. The van der Waals surface area contributed by atoms with Crippen LogP contribution in [0, 0.1) is 11.8 Å². The maximum atomic E-state index is 13.7. The molecule has 0 amide bonds. The number of carbonyl (C=O) groups excluding carboxylic acids is 4. The van der Waals surface area contributed by atoms with E-state index >= 15 is 0 Å². The molecule has 0 aliphatic heterocycles. The average molecular weight is 452 g/mol. The monoisotopic (exact) mass is 452 g/mol. The molecule has 0 aromatic heterocycles. The van der Waals surface area contributed by atoms with Crippen LogP contribution in [-0.2, 0) is 23.9 Å². The van der Waals surface area contributed by atoms with Crippen molar-refractivity contribution >= 4 is 29.1 Å². The number of benzene rings is 1. The SMILES string of the molecule is C=CC(=O)O[C@@H]1[C@@H]2C(=C(O)c3c(O)cccc3[C@H]2C)C(=O)[C@@]2(O)C(=O)C(C(C)=O)=C(C)C[C@@H]12. The predicted molar refractivity (Wildman–Crippen MR) is 116 cm³/mol. The van der Waals surface area contributed by atoms with Gasteiger partial charge in [-0.15, -0.1) is 0 Å². The van der Waals surface area contributed by atoms with Crippen molar-refractivity contribution in [1.82, 2.24) is 0 Å². The fourth-order valence-corrected chi connectivity index (χ4v) is 5.65. The molecule has 172 valence electrons. The molecule has 5 atom stereocenters. The molecule has 0 heterocycles. The van der Waals surface area contributed by atoms with E-state index < -0.39 is 58.5 Å². The smallest absolute Gasteiger partial charge is 0.330 e. The van der Waals surface area contributed by atoms with Crippen molar-refractivity contribution in [3.05, 3.63) is 58.7 Å². The number of fused-ring (bicyclic) bond motifs is 3. The number of allylic oxidation sites excluding steroid dienone is 1. The van der Waals surface area contributed by atoms with Gasteiger partial charge in [-0.25, -0.2) is 4.79 Å². The summed E-state index contributed by atoms with van der Waals surface area (Å²) < 4.78 is 5.61. The van der Waals surface area contributed by atoms with E-state index in [1.165, 1.54) is 13.0 Å². The molecule has 3 aliphatic carbocycles. The van der Waals surface area contributed by atoms with E-state index in [1.54, 1.807) is 26.0 Å². The Labute approximate surface area is 189 Å². The lowest BCUT2D eigenvalue weighted by Crippen LogP contribution is -2.66. The van der Waals surface area contributed by atoms with E-state index in [0.717, 1.165) is 6.08 Å². The van der Waals surface area contributed by atoms with Crippen LogP contribution >= 0.6 is 0 Å². The minimum absolute atomic E-state index is 0.0159. The average Bonchev–Trinajstić information content (AvgIpc) is 2.75. The molecule has 33 heavy (non-hydrogen) atoms. The van der Waals surface area contributed by atoms with Crippen molar-refractivity contribution in [2.75, 3.05) is 0 Å². The maximum Gasteiger partial charge on any atom is 0.330 e. The third-order valence-corrected chi connectivity index (χ3v) is 7.10. The number of Topliss-reactive ketones (excluding diaryl/α,β-unsaturated/α-hetero) is 3. The van der Waals surface area contributed by atoms with Crippen LogP contribution in [0.3, 0.4) is 0 Å². The van der Waals surface area contributed by atoms with Crippen LogP contribution in [0.5, 0.6) is 5.75 Å². The molecule has 3 aliphatic rings. The molecule has 1 saturated carbocycles. The van der Waals surface area contributed by atoms with Crippen LogP contribution in [0.25, 0.3) is 5.76 Å². The Morgan fingerprint density at radius 2 is 1.88 bits per heavy atom. The number of aliphatic hydroxyl groups is 2. The second-order valence-electron chi connectivity index (χ2n) is 8.87. The van der Waals surface area contributed by atoms with Crippen LogP contribution in [0.1, 0.15) is 44.2 Å². The van der Waals surface area contributed by atoms with Crippen LogP contribution in [0.2, 0.25) is 0 Å². The van der Waals surface area contributed by atoms with Gasteiger partial charge in [-0.05, 0) is 37.8 Å². The molecule has 3 N–H and O–H groups in total. The zero-order chi connectivity index (χ0) is 24.4. The summed E-state index contributed by atoms with van der Waals surface area (Å²) >= 11 is 0. The fourth-order valence-electron chi connectivity index (χ4n) is 5.65. The topological polar surface area (TPSA) is 138 Å². The number of ketones is 3. The summed E-state index contributed by atoms with van der Waals surface area (Å²) in [7, 11) is 0. The van der Waals surface area contributed by atoms with Crippen molar-refractivity contribution in [3.8, 4) is 5.75 Å². The molecule has 1 aromatic carbocycles. The summed E-state index contributed by atoms with van der Waals surface area (Å²) in [6, 6.07) is 4.61. The first-order valence-corrected chi connectivity index (χ1v) is 10.6. The summed E-state index contributed by atoms with van der Waals surface area (Å²) in [6.45, 7) is 7.87. The summed E-state index contributed by atoms with van der Waals surface area (Å²) in [5.74, 6) is -7.03. The van der Waals surface area contributed by atoms with Crippen molar-refractivity contribution < 1.29 is 39.2 Å². The van der Waals surface area contributed by atoms with Gasteiger partial charge in [0.25, 0.3) is 0 Å². The molecule has 0 radical (unpaired) electrons. The molecule has 0 spiro atoms. The molecule has 0 saturated heterocycles. The zero-order valence-electron chi connectivity index (χ0n) is 18.4. The van der Waals surface area contributed by atoms with E-state index in [1.807, 2.05) is 0 Å². The second-order valence-corrected chi connectivity index (χ2v) is 8.87. The molecule has 1 fully saturated rings. The normalized spacial score (nSPS) is 30.9. The van der Waals surface area contributed by atoms with Crippen LogP contribution < -0.4 is 0 Å². The first kappa shape index (κ1) is 22.7. The Morgan fingerprint density at radius 3 is 2.48 bits per heavy atom. The van der Waals surface area contributed by atoms with Gasteiger partial charge < -0.3 is 20.1 Å². The third-order valence-electron chi connectivity index (χ3n) is 7.10. The molecule has 4 rings (SSSR count). The highest BCUT2D eigenvalue weighted by Crippen LogP contribution is 2.56. The number of phenols is 1. The second kappa shape index (κ2) is 7.52. The minimum atomic E-state index is -2.71. The van der Waals surface area contributed by atoms with Gasteiger partial charge in [0.15, 0.2) is 11.4 Å². The zero-order valence-corrected chi connectivity index (χ0v) is 18.4. The van der Waals surface area contributed by atoms with Crippen molar-refractivity contribution in [2.45, 2.75) is 44.8 Å². The molecular formula is C25H24O8. The number of aliphatic hydroxyl groups excluding tert-OH is 1. The quantitative estimate of drug-likeness (QED) is 0.275. The van der Waals surface area contributed by atoms with Crippen LogP contribution in [-0.4, -0.2) is 50.3 Å². The summed E-state index contributed by atoms with van der Waals surface area (Å²) in [5, 5.41) is 33.0. The van der Waals surface area contributed by atoms with E-state index in [0.29, 0.717) is 11.1 Å². The van der Waals surface area contributed by atoms with Gasteiger partial charge in [0.05, 0.1) is 11.1 Å². The standard InChI is InChI=1S/C25H24O8/c1-5-16(28)33-22-14-9-10(2)17(12(4)26)23(30)25(14,32)24(31)20-18(22)11(3)13-7-6-8-15(27)19(13)21(20)29/h5-8,11,14,18,22,27,29,32H,1,9H2,2-4H3/t11-,14+,18+,22+,25+/m1/s1. The van der Waals surface area contributed by atoms with E-state index in [9.17, 15) is 34.5 Å². The minimum Gasteiger partial charge on any atom is -0.507 e. The van der Waals surface area contributed by atoms with Gasteiger partial charge >= 0.3 is 5.97 Å². The van der Waals surface area contributed by atoms with E-state index in [-0.39, 0.29) is 28.9 Å². The van der Waals surface area contributed by atoms with Gasteiger partial charge in [0.2, 0.25) is 11.6 Å². The molecule has 0 unspecified atom stereocenters. The highest BCUT2D eigenvalue weighted by atomic mass is 16.5. The van der Waals surface area contributed by atoms with Gasteiger partial charge in [-0.3, -0.25) is 14.4 Å². The van der Waals surface area contributed by atoms with Crippen molar-refractivity contribution in [2.24, 2.45) is 11.8 Å². The third kappa shape index (κ3) is 2.94. The molecule has 8 heteroatoms. The fraction of sp³-hybridized carbons (Fsp3) is 0.360. The largest absolute Gasteiger partial charge is 0.507 e. The Kier molecular flexibility index (Phi) is 5.16. The van der Waals surface area contributed by atoms with Gasteiger partial charge in [-0.1, -0.05) is 31.2 Å². The lowest BCUT2D eigenvalue weighted by molar-refractivity contribution is -0.178. The van der Waals surface area contributed by atoms with Crippen LogP contribution in [0.15, 0.2) is 47.6 Å². The number of carbonyl (C=O) groups is 4. The maximum absolute atomic E-state index is 13.7. The van der Waals surface area contributed by atoms with E-state index in [4.69, 9.17) is 4.74 Å². The summed E-state index contributed by atoms with van der Waals surface area (Å²) in [6.07, 6.45) is -0.295. The Morgan fingerprint density at radius 1 is 1.21 bits per heavy atom. The first-order valence-electron chi connectivity index (χ1n) is 10.6. The number of rotatable bonds is 3. The highest BCUT2D eigenvalue weighted by Gasteiger charge is 2.66. The number of ether oxygens (including phenoxy) is 1. The highest BCUT2D eigenvalue weighted by molar-refractivity contribution is 6.33. The van der Waals surface area contributed by atoms with Gasteiger partial charge in [0, 0.05) is 23.5 Å².